The number of Topliss-reactive ketones (excluding diaryl/α,β-unsaturated/α-hetero) is 1. The highest BCUT2D eigenvalue weighted by atomic mass is 32.2. The summed E-state index contributed by atoms with van der Waals surface area (Å²) in [5.74, 6) is -5.71. The summed E-state index contributed by atoms with van der Waals surface area (Å²) in [5.41, 5.74) is 11.2. The van der Waals surface area contributed by atoms with Gasteiger partial charge in [-0.1, -0.05) is 5.16 Å². The number of carbonyl (C=O) groups is 4. The van der Waals surface area contributed by atoms with Crippen LogP contribution in [-0.4, -0.2) is 95.0 Å². The Balaban J connectivity index is 2.32. The Morgan fingerprint density at radius 2 is 1.98 bits per heavy atom. The largest absolute Gasteiger partial charge is 0.480 e. The first-order valence-corrected chi connectivity index (χ1v) is 15.9. The molecule has 0 unspecified atom stereocenters. The Bertz CT molecular complexity index is 1350. The second kappa shape index (κ2) is 16.3. The van der Waals surface area contributed by atoms with Crippen LogP contribution in [0.4, 0.5) is 5.13 Å². The number of carbonyl (C=O) groups excluding carboxylic acids is 2. The first-order valence-electron chi connectivity index (χ1n) is 12.4. The van der Waals surface area contributed by atoms with Gasteiger partial charge < -0.3 is 41.6 Å². The van der Waals surface area contributed by atoms with Gasteiger partial charge in [0.1, 0.15) is 18.3 Å². The quantitative estimate of drug-likeness (QED) is 0.0336. The number of aromatic nitrogens is 2. The fourth-order valence-electron chi connectivity index (χ4n) is 3.42. The molecule has 43 heavy (non-hydrogen) atoms. The molecule has 1 aromatic rings. The summed E-state index contributed by atoms with van der Waals surface area (Å²) in [6.45, 7) is 3.27. The molecule has 0 aliphatic carbocycles. The number of oxime groups is 1. The van der Waals surface area contributed by atoms with Crippen LogP contribution >= 0.6 is 31.0 Å². The highest BCUT2D eigenvalue weighted by Crippen LogP contribution is 2.36. The zero-order chi connectivity index (χ0) is 32.3. The third kappa shape index (κ3) is 11.5. The summed E-state index contributed by atoms with van der Waals surface area (Å²) >= 11 is 1.71. The van der Waals surface area contributed by atoms with Gasteiger partial charge in [-0.25, -0.2) is 9.36 Å². The van der Waals surface area contributed by atoms with Crippen molar-refractivity contribution >= 4 is 71.5 Å². The number of ketones is 1. The maximum atomic E-state index is 13.5. The van der Waals surface area contributed by atoms with Gasteiger partial charge >= 0.3 is 19.7 Å². The van der Waals surface area contributed by atoms with E-state index in [1.54, 1.807) is 13.8 Å². The van der Waals surface area contributed by atoms with E-state index in [4.69, 9.17) is 31.2 Å². The zero-order valence-corrected chi connectivity index (χ0v) is 25.4. The molecule has 1 aliphatic heterocycles. The minimum Gasteiger partial charge on any atom is -0.480 e. The molecular weight excluding hydrogens is 633 g/mol. The number of nitrogens with two attached hydrogens (primary N) is 2. The van der Waals surface area contributed by atoms with Crippen molar-refractivity contribution in [3.05, 3.63) is 17.1 Å². The number of carboxylic acids is 2. The first-order chi connectivity index (χ1) is 20.1. The van der Waals surface area contributed by atoms with Gasteiger partial charge in [0.25, 0.3) is 0 Å². The fourth-order valence-corrected chi connectivity index (χ4v) is 5.89. The topological polar surface area (TPSA) is 314 Å². The smallest absolute Gasteiger partial charge is 0.429 e. The molecule has 0 saturated carbocycles. The van der Waals surface area contributed by atoms with Gasteiger partial charge in [0.05, 0.1) is 11.3 Å². The van der Waals surface area contributed by atoms with Crippen molar-refractivity contribution in [1.82, 2.24) is 20.0 Å². The van der Waals surface area contributed by atoms with Crippen LogP contribution in [-0.2, 0) is 28.6 Å². The molecule has 19 nitrogen and oxygen atoms in total. The van der Waals surface area contributed by atoms with Crippen LogP contribution in [0.15, 0.2) is 21.4 Å². The van der Waals surface area contributed by atoms with Crippen LogP contribution in [0.25, 0.3) is 0 Å². The predicted octanol–water partition coefficient (Wildman–Crippen LogP) is -0.997. The number of guanidine groups is 1. The molecule has 0 fully saturated rings. The summed E-state index contributed by atoms with van der Waals surface area (Å²) in [5, 5.41) is 27.9. The molecule has 22 heteroatoms. The van der Waals surface area contributed by atoms with Crippen molar-refractivity contribution in [3.63, 3.8) is 0 Å². The Morgan fingerprint density at radius 3 is 2.58 bits per heavy atom. The van der Waals surface area contributed by atoms with Crippen LogP contribution in [0.3, 0.4) is 0 Å². The van der Waals surface area contributed by atoms with E-state index in [2.05, 4.69) is 30.1 Å². The van der Waals surface area contributed by atoms with Gasteiger partial charge in [-0.05, 0) is 32.3 Å². The first kappa shape index (κ1) is 35.6. The second-order valence-electron chi connectivity index (χ2n) is 8.85. The molecule has 0 bridgehead atoms. The highest BCUT2D eigenvalue weighted by molar-refractivity contribution is 8.00. The average Bonchev–Trinajstić information content (AvgIpc) is 3.36. The Labute approximate surface area is 253 Å². The minimum atomic E-state index is -4.73. The SMILES string of the molecule is CCO/N=C(\C(=O)C[C@H](C(=O)NC(N)=NCCC[C@@H](N)C(=O)O)[C@@H]1NC(C(=O)O)=C(C)CS1)c1nsc(NP(=O)(O)O)n1. The molecule has 0 saturated heterocycles. The van der Waals surface area contributed by atoms with Crippen molar-refractivity contribution < 1.29 is 48.6 Å². The lowest BCUT2D eigenvalue weighted by Gasteiger charge is -2.31. The van der Waals surface area contributed by atoms with E-state index in [-0.39, 0.29) is 54.4 Å². The van der Waals surface area contributed by atoms with Gasteiger partial charge in [0.2, 0.25) is 16.9 Å². The molecule has 11 N–H and O–H groups in total. The predicted molar refractivity (Wildman–Crippen MR) is 156 cm³/mol. The maximum absolute atomic E-state index is 13.5. The van der Waals surface area contributed by atoms with Gasteiger partial charge in [0.15, 0.2) is 17.5 Å². The van der Waals surface area contributed by atoms with E-state index < -0.39 is 60.8 Å². The van der Waals surface area contributed by atoms with Crippen LogP contribution < -0.4 is 27.2 Å². The molecule has 0 spiro atoms. The van der Waals surface area contributed by atoms with E-state index in [1.165, 1.54) is 11.8 Å². The van der Waals surface area contributed by atoms with E-state index in [0.717, 1.165) is 0 Å². The Kier molecular flexibility index (Phi) is 13.5. The second-order valence-corrected chi connectivity index (χ2v) is 12.0. The van der Waals surface area contributed by atoms with Gasteiger partial charge in [-0.15, -0.1) is 11.8 Å². The van der Waals surface area contributed by atoms with E-state index >= 15 is 0 Å². The van der Waals surface area contributed by atoms with Crippen molar-refractivity contribution in [1.29, 1.82) is 0 Å². The molecule has 0 aromatic carbocycles. The summed E-state index contributed by atoms with van der Waals surface area (Å²) < 4.78 is 15.2. The standard InChI is InChI=1S/C21H32N9O10PS2/c1-3-40-28-14(15-26-21(43-30-15)29-41(37,38)39)12(31)7-10(17-25-13(19(35)36)9(2)8-42-17)16(32)27-20(23)24-6-4-5-11(22)18(33)34/h10-11,17,25H,3-8,22H2,1-2H3,(H,33,34)(H,35,36)(H3,23,24,27,32)(H3,26,29,30,37,38,39)/b28-14+/t10-,11-,17-/m1/s1. The lowest BCUT2D eigenvalue weighted by atomic mass is 9.97. The Hall–Kier alpha value is -3.62. The van der Waals surface area contributed by atoms with Crippen LogP contribution in [0.1, 0.15) is 38.9 Å². The lowest BCUT2D eigenvalue weighted by molar-refractivity contribution is -0.138. The molecule has 1 amide bonds. The van der Waals surface area contributed by atoms with Crippen LogP contribution in [0.5, 0.6) is 0 Å². The van der Waals surface area contributed by atoms with E-state index in [0.29, 0.717) is 17.1 Å². The fraction of sp³-hybridized carbons (Fsp3) is 0.524. The molecule has 0 radical (unpaired) electrons. The third-order valence-corrected chi connectivity index (χ3v) is 8.16. The lowest BCUT2D eigenvalue weighted by Crippen LogP contribution is -2.49. The number of thioether (sulfide) groups is 1. The summed E-state index contributed by atoms with van der Waals surface area (Å²) in [6.07, 6.45) is -0.203. The van der Waals surface area contributed by atoms with Gasteiger partial charge in [-0.2, -0.15) is 9.36 Å². The number of hydrogen-bond donors (Lipinski definition) is 9. The van der Waals surface area contributed by atoms with E-state index in [1.807, 2.05) is 5.09 Å². The average molecular weight is 666 g/mol. The molecule has 2 rings (SSSR count). The number of aliphatic carboxylic acids is 2. The summed E-state index contributed by atoms with van der Waals surface area (Å²) in [4.78, 5) is 80.6. The summed E-state index contributed by atoms with van der Waals surface area (Å²) in [7, 11) is -4.73. The van der Waals surface area contributed by atoms with Crippen LogP contribution in [0, 0.1) is 5.92 Å². The van der Waals surface area contributed by atoms with Gasteiger partial charge in [-0.3, -0.25) is 29.8 Å². The normalized spacial score (nSPS) is 17.5. The molecule has 2 heterocycles. The number of anilines is 1. The van der Waals surface area contributed by atoms with Crippen LogP contribution in [0.2, 0.25) is 0 Å². The molecule has 1 aromatic heterocycles. The van der Waals surface area contributed by atoms with Crippen molar-refractivity contribution in [2.24, 2.45) is 27.5 Å². The number of carboxylic acid groups (broad SMARTS) is 2. The van der Waals surface area contributed by atoms with E-state index in [9.17, 15) is 28.8 Å². The number of rotatable bonds is 16. The third-order valence-electron chi connectivity index (χ3n) is 5.47. The summed E-state index contributed by atoms with van der Waals surface area (Å²) in [6, 6.07) is -1.08. The minimum absolute atomic E-state index is 0.0366. The number of aliphatic imine (C=N–C) groups is 1. The van der Waals surface area contributed by atoms with Crippen molar-refractivity contribution in [2.45, 2.75) is 44.5 Å². The molecule has 238 valence electrons. The van der Waals surface area contributed by atoms with Crippen molar-refractivity contribution in [2.75, 3.05) is 24.0 Å². The van der Waals surface area contributed by atoms with Crippen molar-refractivity contribution in [3.8, 4) is 0 Å². The zero-order valence-electron chi connectivity index (χ0n) is 22.9. The van der Waals surface area contributed by atoms with Gasteiger partial charge in [0, 0.05) is 30.3 Å². The molecular formula is C21H32N9O10PS2. The molecule has 3 atom stereocenters. The number of nitrogens with one attached hydrogen (secondary N) is 3. The number of amides is 1. The number of hydrogen-bond acceptors (Lipinski definition) is 14. The molecule has 1 aliphatic rings. The maximum Gasteiger partial charge on any atom is 0.429 e. The Morgan fingerprint density at radius 1 is 1.28 bits per heavy atom. The monoisotopic (exact) mass is 665 g/mol. The number of nitrogens with zero attached hydrogens (tertiary/aromatic N) is 4. The highest BCUT2D eigenvalue weighted by Gasteiger charge is 2.37.